The van der Waals surface area contributed by atoms with Crippen LogP contribution in [-0.2, 0) is 14.3 Å². The van der Waals surface area contributed by atoms with Gasteiger partial charge in [-0.1, -0.05) is 23.7 Å². The van der Waals surface area contributed by atoms with Crippen molar-refractivity contribution < 1.29 is 28.6 Å². The number of ether oxygens (including phenoxy) is 3. The van der Waals surface area contributed by atoms with Crippen LogP contribution in [0.1, 0.15) is 22.5 Å². The predicted molar refractivity (Wildman–Crippen MR) is 132 cm³/mol. The minimum absolute atomic E-state index is 0.00582. The fourth-order valence-electron chi connectivity index (χ4n) is 4.79. The van der Waals surface area contributed by atoms with Gasteiger partial charge in [-0.25, -0.2) is 4.79 Å². The third-order valence-electron chi connectivity index (χ3n) is 6.55. The first-order valence-corrected chi connectivity index (χ1v) is 12.5. The number of hydrogen-bond acceptors (Lipinski definition) is 7. The van der Waals surface area contributed by atoms with Crippen molar-refractivity contribution in [3.05, 3.63) is 52.4 Å². The smallest absolute Gasteiger partial charge is 0.415 e. The Morgan fingerprint density at radius 3 is 2.89 bits per heavy atom. The molecule has 6 rings (SSSR count). The summed E-state index contributed by atoms with van der Waals surface area (Å²) in [7, 11) is 0. The van der Waals surface area contributed by atoms with Gasteiger partial charge in [0.15, 0.2) is 5.78 Å². The van der Waals surface area contributed by atoms with Gasteiger partial charge in [-0.05, 0) is 36.1 Å². The maximum absolute atomic E-state index is 12.9. The molecule has 2 fully saturated rings. The summed E-state index contributed by atoms with van der Waals surface area (Å²) in [4.78, 5) is 41.7. The van der Waals surface area contributed by atoms with Crippen LogP contribution in [0.15, 0.2) is 42.5 Å². The normalized spacial score (nSPS) is 21.5. The van der Waals surface area contributed by atoms with Crippen molar-refractivity contribution in [2.75, 3.05) is 36.2 Å². The molecule has 3 aliphatic heterocycles. The van der Waals surface area contributed by atoms with Gasteiger partial charge < -0.3 is 19.1 Å². The number of thiophene rings is 1. The number of halogens is 1. The maximum atomic E-state index is 12.9. The Bertz CT molecular complexity index is 1360. The van der Waals surface area contributed by atoms with Gasteiger partial charge in [0.2, 0.25) is 0 Å². The van der Waals surface area contributed by atoms with E-state index in [9.17, 15) is 14.4 Å². The van der Waals surface area contributed by atoms with E-state index in [-0.39, 0.29) is 37.4 Å². The molecule has 10 heteroatoms. The van der Waals surface area contributed by atoms with Crippen LogP contribution in [0.3, 0.4) is 0 Å². The van der Waals surface area contributed by atoms with Gasteiger partial charge in [0.1, 0.15) is 31.1 Å². The number of cyclic esters (lactones) is 1. The van der Waals surface area contributed by atoms with E-state index >= 15 is 0 Å². The van der Waals surface area contributed by atoms with E-state index in [2.05, 4.69) is 0 Å². The van der Waals surface area contributed by atoms with Crippen LogP contribution in [-0.4, -0.2) is 56.3 Å². The largest absolute Gasteiger partial charge is 0.489 e. The zero-order chi connectivity index (χ0) is 24.1. The number of hydrogen-bond donors (Lipinski definition) is 0. The summed E-state index contributed by atoms with van der Waals surface area (Å²) in [6.07, 6.45) is -0.274. The fraction of sp³-hybridized carbons (Fsp3) is 0.320. The third-order valence-corrected chi connectivity index (χ3v) is 8.20. The van der Waals surface area contributed by atoms with Crippen LogP contribution in [0.5, 0.6) is 5.75 Å². The average Bonchev–Trinajstić information content (AvgIpc) is 3.45. The number of carbonyl (C=O) groups is 3. The molecule has 0 unspecified atom stereocenters. The predicted octanol–water partition coefficient (Wildman–Crippen LogP) is 4.67. The fourth-order valence-corrected chi connectivity index (χ4v) is 6.12. The molecule has 0 radical (unpaired) electrons. The lowest BCUT2D eigenvalue weighted by atomic mass is 10.0. The molecule has 3 aromatic rings. The van der Waals surface area contributed by atoms with Crippen molar-refractivity contribution in [3.63, 3.8) is 0 Å². The van der Waals surface area contributed by atoms with Gasteiger partial charge in [-0.15, -0.1) is 11.3 Å². The second kappa shape index (κ2) is 8.82. The number of Topliss-reactive ketones (excluding diaryl/α,β-unsaturated/α-hetero) is 1. The second-order valence-electron chi connectivity index (χ2n) is 8.65. The molecule has 0 saturated carbocycles. The molecule has 0 bridgehead atoms. The third kappa shape index (κ3) is 3.93. The Kier molecular flexibility index (Phi) is 5.63. The summed E-state index contributed by atoms with van der Waals surface area (Å²) in [6.45, 7) is 1.23. The number of nitrogens with zero attached hydrogens (tertiary/aromatic N) is 2. The highest BCUT2D eigenvalue weighted by Crippen LogP contribution is 2.42. The summed E-state index contributed by atoms with van der Waals surface area (Å²) in [5.74, 6) is 0.402. The lowest BCUT2D eigenvalue weighted by Gasteiger charge is -2.33. The lowest BCUT2D eigenvalue weighted by molar-refractivity contribution is -0.125. The molecule has 2 saturated heterocycles. The Hall–Kier alpha value is -3.14. The molecule has 2 amide bonds. The molecular formula is C25H21ClN2O6S. The number of rotatable bonds is 5. The summed E-state index contributed by atoms with van der Waals surface area (Å²) >= 11 is 7.63. The molecule has 8 nitrogen and oxygen atoms in total. The molecule has 0 aliphatic carbocycles. The summed E-state index contributed by atoms with van der Waals surface area (Å²) in [5.41, 5.74) is 1.30. The van der Waals surface area contributed by atoms with Crippen LogP contribution in [0.25, 0.3) is 10.1 Å². The zero-order valence-electron chi connectivity index (χ0n) is 18.6. The lowest BCUT2D eigenvalue weighted by Crippen LogP contribution is -2.45. The van der Waals surface area contributed by atoms with Gasteiger partial charge in [0, 0.05) is 24.7 Å². The molecule has 2 aromatic carbocycles. The van der Waals surface area contributed by atoms with Gasteiger partial charge in [0.25, 0.3) is 5.91 Å². The molecule has 35 heavy (non-hydrogen) atoms. The number of carbonyl (C=O) groups excluding carboxylic acids is 3. The number of benzene rings is 2. The second-order valence-corrected chi connectivity index (χ2v) is 10.1. The molecule has 0 N–H and O–H groups in total. The topological polar surface area (TPSA) is 85.4 Å². The molecule has 2 atom stereocenters. The highest BCUT2D eigenvalue weighted by Gasteiger charge is 2.46. The molecule has 3 aliphatic rings. The van der Waals surface area contributed by atoms with Crippen LogP contribution in [0.2, 0.25) is 5.02 Å². The highest BCUT2D eigenvalue weighted by atomic mass is 35.5. The SMILES string of the molecule is O=C(CC[C@@H]1OC(=O)N2c3ccc(N4CCOCC4=O)cc3OC[C@@H]12)c1cc2cccc(Cl)c2s1. The van der Waals surface area contributed by atoms with E-state index in [1.807, 2.05) is 24.3 Å². The van der Waals surface area contributed by atoms with Crippen molar-refractivity contribution in [3.8, 4) is 5.75 Å². The first-order chi connectivity index (χ1) is 17.0. The average molecular weight is 513 g/mol. The Balaban J connectivity index is 1.16. The number of ketones is 1. The van der Waals surface area contributed by atoms with Crippen molar-refractivity contribution >= 4 is 62.2 Å². The molecule has 0 spiro atoms. The van der Waals surface area contributed by atoms with Crippen LogP contribution in [0.4, 0.5) is 16.2 Å². The molecule has 4 heterocycles. The summed E-state index contributed by atoms with van der Waals surface area (Å²) in [6, 6.07) is 12.5. The Morgan fingerprint density at radius 1 is 1.17 bits per heavy atom. The van der Waals surface area contributed by atoms with Gasteiger partial charge in [-0.2, -0.15) is 0 Å². The van der Waals surface area contributed by atoms with Gasteiger partial charge >= 0.3 is 6.09 Å². The minimum atomic E-state index is -0.460. The van der Waals surface area contributed by atoms with Gasteiger partial charge in [0.05, 0.1) is 26.9 Å². The van der Waals surface area contributed by atoms with Crippen molar-refractivity contribution in [1.29, 1.82) is 0 Å². The van der Waals surface area contributed by atoms with Crippen LogP contribution < -0.4 is 14.5 Å². The molecule has 180 valence electrons. The van der Waals surface area contributed by atoms with Crippen molar-refractivity contribution in [2.45, 2.75) is 25.0 Å². The van der Waals surface area contributed by atoms with E-state index in [0.717, 1.165) is 10.1 Å². The molecular weight excluding hydrogens is 492 g/mol. The van der Waals surface area contributed by atoms with Crippen molar-refractivity contribution in [2.24, 2.45) is 0 Å². The van der Waals surface area contributed by atoms with Crippen LogP contribution >= 0.6 is 22.9 Å². The number of fused-ring (bicyclic) bond motifs is 4. The van der Waals surface area contributed by atoms with E-state index in [1.54, 1.807) is 28.0 Å². The zero-order valence-corrected chi connectivity index (χ0v) is 20.1. The summed E-state index contributed by atoms with van der Waals surface area (Å²) in [5, 5.41) is 1.57. The monoisotopic (exact) mass is 512 g/mol. The van der Waals surface area contributed by atoms with E-state index in [4.69, 9.17) is 25.8 Å². The summed E-state index contributed by atoms with van der Waals surface area (Å²) < 4.78 is 17.7. The van der Waals surface area contributed by atoms with Crippen molar-refractivity contribution in [1.82, 2.24) is 0 Å². The molecule has 1 aromatic heterocycles. The Labute approximate surface area is 209 Å². The number of morpholine rings is 1. The highest BCUT2D eigenvalue weighted by molar-refractivity contribution is 7.21. The standard InChI is InChI=1S/C25H21ClN2O6S/c26-16-3-1-2-14-10-22(35-24(14)16)19(29)6-7-20-18-12-33-21-11-15(27-8-9-32-13-23(27)30)4-5-17(21)28(18)25(31)34-20/h1-5,10-11,18,20H,6-9,12-13H2/t18-,20-/m0/s1. The van der Waals surface area contributed by atoms with E-state index < -0.39 is 12.2 Å². The Morgan fingerprint density at radius 2 is 2.06 bits per heavy atom. The van der Waals surface area contributed by atoms with E-state index in [1.165, 1.54) is 11.3 Å². The maximum Gasteiger partial charge on any atom is 0.415 e. The van der Waals surface area contributed by atoms with E-state index in [0.29, 0.717) is 46.6 Å². The van der Waals surface area contributed by atoms with Crippen LogP contribution in [0, 0.1) is 0 Å². The minimum Gasteiger partial charge on any atom is -0.489 e. The first-order valence-electron chi connectivity index (χ1n) is 11.4. The number of anilines is 2. The van der Waals surface area contributed by atoms with Gasteiger partial charge in [-0.3, -0.25) is 14.5 Å². The first kappa shape index (κ1) is 22.3. The quantitative estimate of drug-likeness (QED) is 0.462. The number of amides is 2.